The molecule has 0 atom stereocenters. The third kappa shape index (κ3) is 5.09. The first-order chi connectivity index (χ1) is 25.5. The Morgan fingerprint density at radius 3 is 1.15 bits per heavy atom. The Morgan fingerprint density at radius 2 is 0.808 bits per heavy atom. The van der Waals surface area contributed by atoms with E-state index < -0.39 is 0 Å². The fraction of sp³-hybridized carbons (Fsp3) is 0.190. The average Bonchev–Trinajstić information content (AvgIpc) is 3.71. The highest BCUT2D eigenvalue weighted by atomic mass is 16.5. The number of hydrogen-bond donors (Lipinski definition) is 0. The summed E-state index contributed by atoms with van der Waals surface area (Å²) in [5.74, 6) is 3.32. The van der Waals surface area contributed by atoms with Gasteiger partial charge in [0.25, 0.3) is 0 Å². The minimum Gasteiger partial charge on any atom is -0.493 e. The van der Waals surface area contributed by atoms with E-state index in [4.69, 9.17) is 38.4 Å². The number of aryl methyl sites for hydroxylation is 2. The third-order valence-corrected chi connectivity index (χ3v) is 9.78. The van der Waals surface area contributed by atoms with E-state index in [-0.39, 0.29) is 0 Å². The molecule has 0 fully saturated rings. The summed E-state index contributed by atoms with van der Waals surface area (Å²) in [6, 6.07) is 29.0. The Labute approximate surface area is 300 Å². The summed E-state index contributed by atoms with van der Waals surface area (Å²) in [5, 5.41) is 4.51. The van der Waals surface area contributed by atoms with Gasteiger partial charge in [0.05, 0.1) is 65.1 Å². The maximum atomic E-state index is 5.74. The number of aromatic nitrogens is 4. The van der Waals surface area contributed by atoms with Gasteiger partial charge in [-0.25, -0.2) is 0 Å². The third-order valence-electron chi connectivity index (χ3n) is 9.78. The average molecular weight is 695 g/mol. The molecule has 0 radical (unpaired) electrons. The molecule has 0 saturated carbocycles. The second kappa shape index (κ2) is 13.4. The van der Waals surface area contributed by atoms with Crippen LogP contribution in [0.25, 0.3) is 66.1 Å². The van der Waals surface area contributed by atoms with Gasteiger partial charge in [-0.3, -0.25) is 9.97 Å². The van der Waals surface area contributed by atoms with E-state index in [0.717, 1.165) is 66.1 Å². The molecular formula is C42H38N4O6. The predicted molar refractivity (Wildman–Crippen MR) is 205 cm³/mol. The summed E-state index contributed by atoms with van der Waals surface area (Å²) < 4.78 is 39.0. The minimum atomic E-state index is 0.532. The highest BCUT2D eigenvalue weighted by Gasteiger charge is 2.23. The lowest BCUT2D eigenvalue weighted by Crippen LogP contribution is -2.09. The van der Waals surface area contributed by atoms with Gasteiger partial charge in [0.1, 0.15) is 0 Å². The fourth-order valence-electron chi connectivity index (χ4n) is 7.53. The molecule has 0 bridgehead atoms. The highest BCUT2D eigenvalue weighted by molar-refractivity contribution is 6.13. The molecule has 0 aliphatic rings. The summed E-state index contributed by atoms with van der Waals surface area (Å²) in [7, 11) is 9.71. The monoisotopic (exact) mass is 694 g/mol. The van der Waals surface area contributed by atoms with Crippen LogP contribution in [0.1, 0.15) is 0 Å². The summed E-state index contributed by atoms with van der Waals surface area (Å²) in [4.78, 5) is 9.92. The molecule has 0 unspecified atom stereocenters. The van der Waals surface area contributed by atoms with Crippen LogP contribution in [0.15, 0.2) is 97.3 Å². The van der Waals surface area contributed by atoms with Gasteiger partial charge in [0, 0.05) is 69.2 Å². The Kier molecular flexibility index (Phi) is 8.42. The summed E-state index contributed by atoms with van der Waals surface area (Å²) in [5.41, 5.74) is 7.60. The van der Waals surface area contributed by atoms with Gasteiger partial charge in [0.15, 0.2) is 23.0 Å². The molecule has 4 aromatic heterocycles. The number of methoxy groups -OCH3 is 6. The van der Waals surface area contributed by atoms with Crippen LogP contribution in [0.2, 0.25) is 0 Å². The van der Waals surface area contributed by atoms with Crippen molar-refractivity contribution >= 4 is 43.6 Å². The first-order valence-corrected chi connectivity index (χ1v) is 16.9. The van der Waals surface area contributed by atoms with E-state index in [0.29, 0.717) is 47.6 Å². The number of rotatable bonds is 11. The van der Waals surface area contributed by atoms with E-state index in [1.54, 1.807) is 42.7 Å². The lowest BCUT2D eigenvalue weighted by atomic mass is 10.1. The molecule has 262 valence electrons. The van der Waals surface area contributed by atoms with E-state index in [2.05, 4.69) is 69.8 Å². The number of fused-ring (bicyclic) bond motifs is 6. The van der Waals surface area contributed by atoms with Crippen molar-refractivity contribution < 1.29 is 28.4 Å². The Morgan fingerprint density at radius 1 is 0.442 bits per heavy atom. The van der Waals surface area contributed by atoms with E-state index in [1.165, 1.54) is 0 Å². The maximum absolute atomic E-state index is 5.74. The minimum absolute atomic E-state index is 0.532. The molecule has 0 N–H and O–H groups in total. The van der Waals surface area contributed by atoms with Crippen molar-refractivity contribution in [1.82, 2.24) is 19.1 Å². The first kappa shape index (κ1) is 32.8. The lowest BCUT2D eigenvalue weighted by molar-refractivity contribution is 0.324. The SMILES string of the molecule is COc1cc(-c2nccc3c4ccccc4n(CCn4c5ccccc5c5ccnc(-c6cc(OC)c(OC)c(OC)c6)c54)c23)cc(OC)c1OC. The van der Waals surface area contributed by atoms with Crippen LogP contribution >= 0.6 is 0 Å². The molecule has 10 heteroatoms. The van der Waals surface area contributed by atoms with Crippen molar-refractivity contribution in [3.8, 4) is 57.0 Å². The van der Waals surface area contributed by atoms with Gasteiger partial charge < -0.3 is 37.6 Å². The summed E-state index contributed by atoms with van der Waals surface area (Å²) in [6.07, 6.45) is 3.72. The van der Waals surface area contributed by atoms with Crippen molar-refractivity contribution in [3.63, 3.8) is 0 Å². The number of nitrogens with zero attached hydrogens (tertiary/aromatic N) is 4. The van der Waals surface area contributed by atoms with E-state index in [1.807, 2.05) is 36.7 Å². The molecule has 0 saturated heterocycles. The van der Waals surface area contributed by atoms with Gasteiger partial charge in [-0.05, 0) is 48.5 Å². The van der Waals surface area contributed by atoms with Crippen molar-refractivity contribution in [3.05, 3.63) is 97.3 Å². The van der Waals surface area contributed by atoms with Crippen LogP contribution in [0.3, 0.4) is 0 Å². The van der Waals surface area contributed by atoms with Crippen molar-refractivity contribution in [2.45, 2.75) is 13.1 Å². The first-order valence-electron chi connectivity index (χ1n) is 16.9. The molecular weight excluding hydrogens is 656 g/mol. The standard InChI is InChI=1S/C42H38N4O6/c1-47-33-21-25(22-34(48-2)41(33)51-5)37-39-29(15-17-43-37)27-11-7-9-13-31(27)45(39)19-20-46-32-14-10-8-12-28(32)30-16-18-44-38(40(30)46)26-23-35(49-3)42(52-6)36(24-26)50-4/h7-18,21-24H,19-20H2,1-6H3. The molecule has 0 aliphatic heterocycles. The van der Waals surface area contributed by atoms with Crippen LogP contribution in [0, 0.1) is 0 Å². The second-order valence-corrected chi connectivity index (χ2v) is 12.3. The van der Waals surface area contributed by atoms with Gasteiger partial charge in [-0.2, -0.15) is 0 Å². The molecule has 4 aromatic carbocycles. The Bertz CT molecular complexity index is 2390. The molecule has 8 rings (SSSR count). The fourth-order valence-corrected chi connectivity index (χ4v) is 7.53. The highest BCUT2D eigenvalue weighted by Crippen LogP contribution is 2.45. The van der Waals surface area contributed by atoms with Crippen molar-refractivity contribution in [1.29, 1.82) is 0 Å². The van der Waals surface area contributed by atoms with Crippen molar-refractivity contribution in [2.24, 2.45) is 0 Å². The van der Waals surface area contributed by atoms with Crippen LogP contribution in [0.5, 0.6) is 34.5 Å². The zero-order valence-corrected chi connectivity index (χ0v) is 29.9. The Balaban J connectivity index is 1.34. The molecule has 52 heavy (non-hydrogen) atoms. The topological polar surface area (TPSA) is 91.0 Å². The van der Waals surface area contributed by atoms with Gasteiger partial charge >= 0.3 is 0 Å². The molecule has 0 amide bonds. The van der Waals surface area contributed by atoms with Crippen LogP contribution in [0.4, 0.5) is 0 Å². The van der Waals surface area contributed by atoms with Crippen LogP contribution < -0.4 is 28.4 Å². The van der Waals surface area contributed by atoms with Crippen LogP contribution in [-0.2, 0) is 13.1 Å². The lowest BCUT2D eigenvalue weighted by Gasteiger charge is -2.17. The molecule has 4 heterocycles. The summed E-state index contributed by atoms with van der Waals surface area (Å²) in [6.45, 7) is 1.29. The van der Waals surface area contributed by atoms with E-state index in [9.17, 15) is 0 Å². The normalized spacial score (nSPS) is 11.4. The molecule has 8 aromatic rings. The molecule has 10 nitrogen and oxygen atoms in total. The number of ether oxygens (including phenoxy) is 6. The number of hydrogen-bond acceptors (Lipinski definition) is 8. The van der Waals surface area contributed by atoms with Gasteiger partial charge in [-0.1, -0.05) is 36.4 Å². The smallest absolute Gasteiger partial charge is 0.203 e. The molecule has 0 aliphatic carbocycles. The Hall–Kier alpha value is -6.42. The summed E-state index contributed by atoms with van der Waals surface area (Å²) >= 11 is 0. The number of benzene rings is 4. The zero-order valence-electron chi connectivity index (χ0n) is 29.9. The largest absolute Gasteiger partial charge is 0.493 e. The molecule has 0 spiro atoms. The van der Waals surface area contributed by atoms with E-state index >= 15 is 0 Å². The second-order valence-electron chi connectivity index (χ2n) is 12.3. The van der Waals surface area contributed by atoms with Gasteiger partial charge in [0.2, 0.25) is 11.5 Å². The van der Waals surface area contributed by atoms with Crippen LogP contribution in [-0.4, -0.2) is 61.8 Å². The predicted octanol–water partition coefficient (Wildman–Crippen LogP) is 8.78. The van der Waals surface area contributed by atoms with Crippen molar-refractivity contribution in [2.75, 3.05) is 42.7 Å². The number of para-hydroxylation sites is 2. The zero-order chi connectivity index (χ0) is 35.9. The quantitative estimate of drug-likeness (QED) is 0.133. The maximum Gasteiger partial charge on any atom is 0.203 e. The van der Waals surface area contributed by atoms with Gasteiger partial charge in [-0.15, -0.1) is 0 Å². The number of pyridine rings is 2.